The summed E-state index contributed by atoms with van der Waals surface area (Å²) in [6.45, 7) is 6.42. The maximum Gasteiger partial charge on any atom is 0.311 e. The first-order valence-electron chi connectivity index (χ1n) is 13.9. The summed E-state index contributed by atoms with van der Waals surface area (Å²) in [6, 6.07) is 1.70. The Kier molecular flexibility index (Phi) is 9.49. The summed E-state index contributed by atoms with van der Waals surface area (Å²) in [4.78, 5) is 11.3. The summed E-state index contributed by atoms with van der Waals surface area (Å²) in [6.07, 6.45) is 1.95. The average Bonchev–Trinajstić information content (AvgIpc) is 3.44. The summed E-state index contributed by atoms with van der Waals surface area (Å²) >= 11 is 11.4. The van der Waals surface area contributed by atoms with Gasteiger partial charge in [-0.3, -0.25) is 4.79 Å². The number of allylic oxidation sites excluding steroid dienone is 1. The van der Waals surface area contributed by atoms with E-state index in [9.17, 15) is 39.2 Å². The minimum atomic E-state index is -4.89. The minimum absolute atomic E-state index is 0.0594. The molecule has 0 amide bonds. The molecule has 3 fully saturated rings. The van der Waals surface area contributed by atoms with E-state index in [4.69, 9.17) is 27.9 Å². The molecular formula is C29H28Cl2F4N2O6S2. The van der Waals surface area contributed by atoms with Crippen molar-refractivity contribution in [3.05, 3.63) is 81.9 Å². The van der Waals surface area contributed by atoms with E-state index in [0.29, 0.717) is 35.3 Å². The minimum Gasteiger partial charge on any atom is -0.461 e. The molecule has 45 heavy (non-hydrogen) atoms. The second-order valence-electron chi connectivity index (χ2n) is 11.4. The van der Waals surface area contributed by atoms with Crippen LogP contribution in [0.1, 0.15) is 25.7 Å². The summed E-state index contributed by atoms with van der Waals surface area (Å²) in [5, 5.41) is -1.36. The van der Waals surface area contributed by atoms with Gasteiger partial charge in [-0.15, -0.1) is 0 Å². The van der Waals surface area contributed by atoms with Gasteiger partial charge in [-0.25, -0.2) is 39.1 Å². The van der Waals surface area contributed by atoms with E-state index >= 15 is 0 Å². The van der Waals surface area contributed by atoms with Crippen LogP contribution in [0.15, 0.2) is 58.4 Å². The van der Waals surface area contributed by atoms with Gasteiger partial charge in [-0.1, -0.05) is 47.5 Å². The fourth-order valence-electron chi connectivity index (χ4n) is 6.52. The molecule has 0 radical (unpaired) electrons. The molecule has 2 saturated carbocycles. The Bertz CT molecular complexity index is 1810. The fraction of sp³-hybridized carbons (Fsp3) is 0.414. The molecule has 1 aliphatic heterocycles. The second-order valence-corrected chi connectivity index (χ2v) is 15.8. The number of carbonyl (C=O) groups is 1. The van der Waals surface area contributed by atoms with Crippen molar-refractivity contribution in [2.24, 2.45) is 23.7 Å². The molecule has 244 valence electrons. The second kappa shape index (κ2) is 12.6. The normalized spacial score (nSPS) is 25.3. The van der Waals surface area contributed by atoms with Gasteiger partial charge in [0.1, 0.15) is 39.2 Å². The first-order valence-corrected chi connectivity index (χ1v) is 17.6. The molecule has 2 aromatic rings. The van der Waals surface area contributed by atoms with Gasteiger partial charge in [0.2, 0.25) is 20.0 Å². The molecule has 2 aliphatic carbocycles. The van der Waals surface area contributed by atoms with E-state index in [1.165, 1.54) is 0 Å². The lowest BCUT2D eigenvalue weighted by molar-refractivity contribution is -0.145. The van der Waals surface area contributed by atoms with Crippen molar-refractivity contribution in [3.8, 4) is 0 Å². The van der Waals surface area contributed by atoms with Gasteiger partial charge in [0, 0.05) is 43.6 Å². The molecule has 5 atom stereocenters. The van der Waals surface area contributed by atoms with Crippen molar-refractivity contribution in [1.29, 1.82) is 0 Å². The van der Waals surface area contributed by atoms with Crippen molar-refractivity contribution in [1.82, 2.24) is 9.03 Å². The smallest absolute Gasteiger partial charge is 0.311 e. The highest BCUT2D eigenvalue weighted by atomic mass is 35.5. The number of ether oxygens (including phenoxy) is 1. The SMILES string of the molecule is C=C1CC[C@H]2C(=C)CC[C@H]3C(CN(CCNS(=O)(=O)c4cc(Cl)c(F)cc4F)S(=O)(=O)c4cc(Cl)c(F)cc4F)C(=O)O[C@@H]3[C@@H]12. The number of benzene rings is 2. The van der Waals surface area contributed by atoms with E-state index in [1.807, 2.05) is 4.72 Å². The first-order chi connectivity index (χ1) is 21.0. The predicted octanol–water partition coefficient (Wildman–Crippen LogP) is 5.61. The van der Waals surface area contributed by atoms with Crippen LogP contribution in [0, 0.1) is 46.9 Å². The number of rotatable bonds is 9. The highest BCUT2D eigenvalue weighted by molar-refractivity contribution is 7.89. The van der Waals surface area contributed by atoms with Gasteiger partial charge in [0.25, 0.3) is 0 Å². The maximum absolute atomic E-state index is 14.9. The third-order valence-electron chi connectivity index (χ3n) is 8.76. The molecule has 1 heterocycles. The topological polar surface area (TPSA) is 110 Å². The monoisotopic (exact) mass is 710 g/mol. The van der Waals surface area contributed by atoms with Crippen molar-refractivity contribution < 1.29 is 43.9 Å². The van der Waals surface area contributed by atoms with Crippen LogP contribution in [0.2, 0.25) is 10.0 Å². The summed E-state index contributed by atoms with van der Waals surface area (Å²) < 4.78 is 118. The molecule has 0 bridgehead atoms. The number of sulfonamides is 2. The van der Waals surface area contributed by atoms with Gasteiger partial charge in [0.05, 0.1) is 16.0 Å². The van der Waals surface area contributed by atoms with Gasteiger partial charge in [-0.2, -0.15) is 4.31 Å². The Labute approximate surface area is 268 Å². The van der Waals surface area contributed by atoms with E-state index in [1.54, 1.807) is 0 Å². The van der Waals surface area contributed by atoms with Crippen LogP contribution in [0.25, 0.3) is 0 Å². The Balaban J connectivity index is 1.46. The standard InChI is InChI=1S/C29H28Cl2F4N2O6S2/c1-14-3-6-17-18(29(38)43-28(17)27-15(2)4-5-16(14)27)13-37(45(41,42)26-10-20(31)22(33)12-24(26)35)8-7-36-44(39,40)25-9-19(30)21(32)11-23(25)34/h9-12,16-18,27-28,36H,1-8,13H2/t16-,17-,18?,27-,28-/m0/s1. The first kappa shape index (κ1) is 33.9. The van der Waals surface area contributed by atoms with E-state index in [0.717, 1.165) is 24.0 Å². The molecule has 2 aromatic carbocycles. The largest absolute Gasteiger partial charge is 0.461 e. The lowest BCUT2D eigenvalue weighted by Crippen LogP contribution is -2.43. The quantitative estimate of drug-likeness (QED) is 0.157. The third kappa shape index (κ3) is 6.41. The zero-order valence-corrected chi connectivity index (χ0v) is 26.7. The van der Waals surface area contributed by atoms with Crippen molar-refractivity contribution in [2.45, 2.75) is 41.6 Å². The number of nitrogens with one attached hydrogen (secondary N) is 1. The average molecular weight is 712 g/mol. The van der Waals surface area contributed by atoms with Crippen LogP contribution in [0.5, 0.6) is 0 Å². The Morgan fingerprint density at radius 1 is 0.867 bits per heavy atom. The van der Waals surface area contributed by atoms with Gasteiger partial charge < -0.3 is 4.74 Å². The zero-order chi connectivity index (χ0) is 33.0. The molecule has 1 saturated heterocycles. The number of carbonyl (C=O) groups excluding carboxylic acids is 1. The zero-order valence-electron chi connectivity index (χ0n) is 23.5. The van der Waals surface area contributed by atoms with Crippen molar-refractivity contribution in [3.63, 3.8) is 0 Å². The lowest BCUT2D eigenvalue weighted by atomic mass is 9.79. The summed E-state index contributed by atoms with van der Waals surface area (Å²) in [5.74, 6) is -7.63. The Morgan fingerprint density at radius 2 is 1.44 bits per heavy atom. The Morgan fingerprint density at radius 3 is 2.09 bits per heavy atom. The molecule has 0 spiro atoms. The van der Waals surface area contributed by atoms with Crippen LogP contribution < -0.4 is 4.72 Å². The molecule has 3 aliphatic rings. The molecular weight excluding hydrogens is 683 g/mol. The van der Waals surface area contributed by atoms with E-state index in [-0.39, 0.29) is 17.9 Å². The third-order valence-corrected chi connectivity index (χ3v) is 12.7. The van der Waals surface area contributed by atoms with Gasteiger partial charge in [-0.05, 0) is 43.7 Å². The highest BCUT2D eigenvalue weighted by Gasteiger charge is 2.54. The van der Waals surface area contributed by atoms with Gasteiger partial charge >= 0.3 is 5.97 Å². The number of esters is 1. The predicted molar refractivity (Wildman–Crippen MR) is 157 cm³/mol. The molecule has 0 aromatic heterocycles. The van der Waals surface area contributed by atoms with Crippen molar-refractivity contribution >= 4 is 49.2 Å². The van der Waals surface area contributed by atoms with Crippen LogP contribution in [-0.2, 0) is 29.6 Å². The molecule has 5 rings (SSSR count). The number of hydrogen-bond acceptors (Lipinski definition) is 6. The summed E-state index contributed by atoms with van der Waals surface area (Å²) in [7, 11) is -9.58. The van der Waals surface area contributed by atoms with Gasteiger partial charge in [0.15, 0.2) is 0 Å². The van der Waals surface area contributed by atoms with Crippen LogP contribution in [0.3, 0.4) is 0 Å². The maximum atomic E-state index is 14.9. The van der Waals surface area contributed by atoms with Crippen LogP contribution in [-0.4, -0.2) is 52.8 Å². The Hall–Kier alpha value is -2.49. The van der Waals surface area contributed by atoms with Crippen molar-refractivity contribution in [2.75, 3.05) is 19.6 Å². The molecule has 1 N–H and O–H groups in total. The number of fused-ring (bicyclic) bond motifs is 3. The van der Waals surface area contributed by atoms with E-state index < -0.39 is 107 Å². The number of halogens is 6. The number of hydrogen-bond donors (Lipinski definition) is 1. The van der Waals surface area contributed by atoms with E-state index in [2.05, 4.69) is 13.2 Å². The summed E-state index contributed by atoms with van der Waals surface area (Å²) in [5.41, 5.74) is 1.89. The lowest BCUT2D eigenvalue weighted by Gasteiger charge is -2.29. The molecule has 1 unspecified atom stereocenters. The van der Waals surface area contributed by atoms with Crippen LogP contribution >= 0.6 is 23.2 Å². The highest BCUT2D eigenvalue weighted by Crippen LogP contribution is 2.52. The molecule has 8 nitrogen and oxygen atoms in total. The fourth-order valence-corrected chi connectivity index (χ4v) is 9.62. The van der Waals surface area contributed by atoms with Crippen LogP contribution in [0.4, 0.5) is 17.6 Å². The number of nitrogens with zero attached hydrogens (tertiary/aromatic N) is 1. The molecule has 16 heteroatoms.